The van der Waals surface area contributed by atoms with E-state index >= 15 is 0 Å². The molecule has 0 radical (unpaired) electrons. The van der Waals surface area contributed by atoms with Crippen LogP contribution in [0.3, 0.4) is 0 Å². The van der Waals surface area contributed by atoms with E-state index in [9.17, 15) is 22.8 Å². The van der Waals surface area contributed by atoms with Crippen molar-refractivity contribution in [1.29, 1.82) is 0 Å². The first kappa shape index (κ1) is 22.0. The molecule has 0 amide bonds. The molecule has 0 fully saturated rings. The number of fused-ring (bicyclic) bond motifs is 1. The summed E-state index contributed by atoms with van der Waals surface area (Å²) < 4.78 is 65.9. The molecule has 7 nitrogen and oxygen atoms in total. The summed E-state index contributed by atoms with van der Waals surface area (Å²) in [5.74, 6) is -2.76. The van der Waals surface area contributed by atoms with Crippen LogP contribution in [0.5, 0.6) is 23.0 Å². The zero-order valence-corrected chi connectivity index (χ0v) is 16.4. The van der Waals surface area contributed by atoms with Crippen LogP contribution in [0, 0.1) is 0 Å². The largest absolute Gasteiger partial charge is 0.497 e. The van der Waals surface area contributed by atoms with Crippen molar-refractivity contribution in [3.63, 3.8) is 0 Å². The average Bonchev–Trinajstić information content (AvgIpc) is 2.74. The maximum atomic E-state index is 13.6. The molecule has 164 valence electrons. The molecule has 31 heavy (non-hydrogen) atoms. The Kier molecular flexibility index (Phi) is 6.38. The van der Waals surface area contributed by atoms with Crippen molar-refractivity contribution in [1.82, 2.24) is 0 Å². The monoisotopic (exact) mass is 438 g/mol. The molecule has 3 aromatic rings. The summed E-state index contributed by atoms with van der Waals surface area (Å²) in [6.07, 6.45) is -5.00. The number of methoxy groups -OCH3 is 1. The molecule has 0 spiro atoms. The molecule has 0 aliphatic carbocycles. The summed E-state index contributed by atoms with van der Waals surface area (Å²) in [4.78, 5) is 24.1. The SMILES string of the molecule is CCOC(=O)COc1ccc2c(=O)c(Oc3ccc(OC)cc3)c(C(F)(F)F)oc2c1. The summed E-state index contributed by atoms with van der Waals surface area (Å²) in [6, 6.07) is 9.29. The van der Waals surface area contributed by atoms with Crippen LogP contribution in [-0.2, 0) is 15.7 Å². The second-order valence-corrected chi connectivity index (χ2v) is 6.12. The Bertz CT molecular complexity index is 1130. The maximum Gasteiger partial charge on any atom is 0.453 e. The fourth-order valence-corrected chi connectivity index (χ4v) is 2.63. The predicted octanol–water partition coefficient (Wildman–Crippen LogP) is 4.55. The maximum absolute atomic E-state index is 13.6. The molecule has 0 bridgehead atoms. The van der Waals surface area contributed by atoms with Gasteiger partial charge in [0, 0.05) is 6.07 Å². The molecule has 0 saturated heterocycles. The zero-order valence-electron chi connectivity index (χ0n) is 16.4. The normalized spacial score (nSPS) is 11.3. The van der Waals surface area contributed by atoms with Gasteiger partial charge in [-0.15, -0.1) is 0 Å². The fourth-order valence-electron chi connectivity index (χ4n) is 2.63. The lowest BCUT2D eigenvalue weighted by atomic mass is 10.2. The molecule has 3 rings (SSSR count). The predicted molar refractivity (Wildman–Crippen MR) is 103 cm³/mol. The molecule has 0 N–H and O–H groups in total. The summed E-state index contributed by atoms with van der Waals surface area (Å²) in [6.45, 7) is 1.32. The second kappa shape index (κ2) is 8.99. The highest BCUT2D eigenvalue weighted by Crippen LogP contribution is 2.38. The van der Waals surface area contributed by atoms with Gasteiger partial charge in [-0.1, -0.05) is 0 Å². The van der Waals surface area contributed by atoms with E-state index in [2.05, 4.69) is 0 Å². The molecular weight excluding hydrogens is 421 g/mol. The molecule has 2 aromatic carbocycles. The number of alkyl halides is 3. The Morgan fingerprint density at radius 3 is 2.29 bits per heavy atom. The standard InChI is InChI=1S/C21H17F3O7/c1-3-28-17(25)11-29-14-8-9-15-16(10-14)31-20(21(22,23)24)19(18(15)26)30-13-6-4-12(27-2)5-7-13/h4-10H,3,11H2,1-2H3. The Hall–Kier alpha value is -3.69. The number of rotatable bonds is 7. The molecular formula is C21H17F3O7. The number of carbonyl (C=O) groups is 1. The number of benzene rings is 2. The summed E-state index contributed by atoms with van der Waals surface area (Å²) in [5, 5.41) is -0.153. The Morgan fingerprint density at radius 1 is 1.03 bits per heavy atom. The molecule has 0 aliphatic rings. The van der Waals surface area contributed by atoms with Gasteiger partial charge in [-0.3, -0.25) is 4.79 Å². The number of halogens is 3. The van der Waals surface area contributed by atoms with Gasteiger partial charge in [-0.05, 0) is 43.3 Å². The molecule has 1 aromatic heterocycles. The number of ether oxygens (including phenoxy) is 4. The fraction of sp³-hybridized carbons (Fsp3) is 0.238. The van der Waals surface area contributed by atoms with Gasteiger partial charge in [0.05, 0.1) is 19.1 Å². The minimum absolute atomic E-state index is 0.00709. The summed E-state index contributed by atoms with van der Waals surface area (Å²) >= 11 is 0. The van der Waals surface area contributed by atoms with E-state index in [-0.39, 0.29) is 29.1 Å². The van der Waals surface area contributed by atoms with Crippen molar-refractivity contribution in [3.8, 4) is 23.0 Å². The van der Waals surface area contributed by atoms with Crippen LogP contribution in [0.2, 0.25) is 0 Å². The van der Waals surface area contributed by atoms with Crippen LogP contribution < -0.4 is 19.6 Å². The Morgan fingerprint density at radius 2 is 1.68 bits per heavy atom. The van der Waals surface area contributed by atoms with E-state index in [0.29, 0.717) is 5.75 Å². The summed E-state index contributed by atoms with van der Waals surface area (Å²) in [5.41, 5.74) is -1.39. The topological polar surface area (TPSA) is 84.2 Å². The molecule has 0 unspecified atom stereocenters. The van der Waals surface area contributed by atoms with E-state index in [0.717, 1.165) is 6.07 Å². The molecule has 10 heteroatoms. The first-order valence-corrected chi connectivity index (χ1v) is 9.01. The minimum atomic E-state index is -5.00. The Balaban J connectivity index is 2.01. The van der Waals surface area contributed by atoms with Crippen LogP contribution in [0.1, 0.15) is 12.7 Å². The molecule has 0 aliphatic heterocycles. The number of carbonyl (C=O) groups excluding carboxylic acids is 1. The van der Waals surface area contributed by atoms with E-state index in [4.69, 9.17) is 23.4 Å². The zero-order chi connectivity index (χ0) is 22.6. The highest BCUT2D eigenvalue weighted by Gasteiger charge is 2.40. The van der Waals surface area contributed by atoms with E-state index in [1.165, 1.54) is 43.5 Å². The molecule has 0 saturated carbocycles. The van der Waals surface area contributed by atoms with Crippen molar-refractivity contribution >= 4 is 16.9 Å². The van der Waals surface area contributed by atoms with Crippen LogP contribution in [-0.4, -0.2) is 26.3 Å². The number of hydrogen-bond donors (Lipinski definition) is 0. The highest BCUT2D eigenvalue weighted by molar-refractivity contribution is 5.80. The van der Waals surface area contributed by atoms with Crippen LogP contribution >= 0.6 is 0 Å². The van der Waals surface area contributed by atoms with Crippen molar-refractivity contribution < 1.29 is 41.3 Å². The van der Waals surface area contributed by atoms with Crippen molar-refractivity contribution in [2.45, 2.75) is 13.1 Å². The van der Waals surface area contributed by atoms with E-state index in [1.54, 1.807) is 6.92 Å². The van der Waals surface area contributed by atoms with Gasteiger partial charge in [0.2, 0.25) is 11.2 Å². The molecule has 0 atom stereocenters. The van der Waals surface area contributed by atoms with Gasteiger partial charge >= 0.3 is 12.1 Å². The van der Waals surface area contributed by atoms with Gasteiger partial charge in [-0.25, -0.2) is 4.79 Å². The number of esters is 1. The van der Waals surface area contributed by atoms with Crippen molar-refractivity contribution in [2.75, 3.05) is 20.3 Å². The quantitative estimate of drug-likeness (QED) is 0.500. The van der Waals surface area contributed by atoms with Gasteiger partial charge < -0.3 is 23.4 Å². The average molecular weight is 438 g/mol. The smallest absolute Gasteiger partial charge is 0.453 e. The van der Waals surface area contributed by atoms with E-state index < -0.39 is 35.7 Å². The lowest BCUT2D eigenvalue weighted by Gasteiger charge is -2.14. The minimum Gasteiger partial charge on any atom is -0.497 e. The third-order valence-corrected chi connectivity index (χ3v) is 4.02. The third kappa shape index (κ3) is 5.08. The first-order valence-electron chi connectivity index (χ1n) is 9.01. The lowest BCUT2D eigenvalue weighted by molar-refractivity contribution is -0.154. The third-order valence-electron chi connectivity index (χ3n) is 4.02. The van der Waals surface area contributed by atoms with Gasteiger partial charge in [0.15, 0.2) is 6.61 Å². The van der Waals surface area contributed by atoms with Crippen molar-refractivity contribution in [2.24, 2.45) is 0 Å². The van der Waals surface area contributed by atoms with E-state index in [1.807, 2.05) is 0 Å². The Labute approximate surface area is 173 Å². The van der Waals surface area contributed by atoms with Crippen molar-refractivity contribution in [3.05, 3.63) is 58.4 Å². The van der Waals surface area contributed by atoms with Crippen LogP contribution in [0.4, 0.5) is 13.2 Å². The number of hydrogen-bond acceptors (Lipinski definition) is 7. The summed E-state index contributed by atoms with van der Waals surface area (Å²) in [7, 11) is 1.43. The van der Waals surface area contributed by atoms with Crippen LogP contribution in [0.15, 0.2) is 51.7 Å². The molecule has 1 heterocycles. The first-order chi connectivity index (χ1) is 14.7. The lowest BCUT2D eigenvalue weighted by Crippen LogP contribution is -2.16. The van der Waals surface area contributed by atoms with Gasteiger partial charge in [0.1, 0.15) is 22.8 Å². The van der Waals surface area contributed by atoms with Gasteiger partial charge in [0.25, 0.3) is 5.76 Å². The second-order valence-electron chi connectivity index (χ2n) is 6.12. The van der Waals surface area contributed by atoms with Crippen LogP contribution in [0.25, 0.3) is 11.0 Å². The highest BCUT2D eigenvalue weighted by atomic mass is 19.4. The van der Waals surface area contributed by atoms with Gasteiger partial charge in [-0.2, -0.15) is 13.2 Å².